The monoisotopic (exact) mass is 379 g/mol. The van der Waals surface area contributed by atoms with Crippen LogP contribution in [0.4, 0.5) is 0 Å². The topological polar surface area (TPSA) is 96.3 Å². The summed E-state index contributed by atoms with van der Waals surface area (Å²) in [4.78, 5) is 16.8. The lowest BCUT2D eigenvalue weighted by Gasteiger charge is -2.11. The Morgan fingerprint density at radius 2 is 2.19 bits per heavy atom. The maximum Gasteiger partial charge on any atom is 0.242 e. The molecule has 0 radical (unpaired) electrons. The van der Waals surface area contributed by atoms with Gasteiger partial charge in [0.2, 0.25) is 15.9 Å². The minimum Gasteiger partial charge on any atom is -0.352 e. The lowest BCUT2D eigenvalue weighted by atomic mass is 10.2. The number of hydrogen-bond acceptors (Lipinski definition) is 5. The molecule has 0 aliphatic carbocycles. The summed E-state index contributed by atoms with van der Waals surface area (Å²) in [5, 5.41) is 6.24. The molecule has 0 bridgehead atoms. The first-order valence-electron chi connectivity index (χ1n) is 8.67. The summed E-state index contributed by atoms with van der Waals surface area (Å²) in [5.74, 6) is 0.778. The van der Waals surface area contributed by atoms with E-state index in [0.717, 1.165) is 30.9 Å². The molecular formula is C17H25N5O3S. The van der Waals surface area contributed by atoms with Crippen molar-refractivity contribution in [1.82, 2.24) is 24.5 Å². The highest BCUT2D eigenvalue weighted by Gasteiger charge is 2.20. The average Bonchev–Trinajstić information content (AvgIpc) is 3.20. The van der Waals surface area contributed by atoms with Gasteiger partial charge in [-0.1, -0.05) is 0 Å². The second-order valence-corrected chi connectivity index (χ2v) is 8.93. The van der Waals surface area contributed by atoms with Crippen LogP contribution in [0.3, 0.4) is 0 Å². The van der Waals surface area contributed by atoms with Gasteiger partial charge in [0.25, 0.3) is 0 Å². The van der Waals surface area contributed by atoms with E-state index in [1.807, 2.05) is 11.6 Å². The van der Waals surface area contributed by atoms with Crippen LogP contribution in [0.2, 0.25) is 0 Å². The van der Waals surface area contributed by atoms with Crippen LogP contribution in [0.5, 0.6) is 0 Å². The molecule has 2 heterocycles. The molecule has 142 valence electrons. The summed E-state index contributed by atoms with van der Waals surface area (Å²) in [5.41, 5.74) is 1.46. The highest BCUT2D eigenvalue weighted by atomic mass is 32.2. The minimum absolute atomic E-state index is 0.0154. The van der Waals surface area contributed by atoms with Crippen LogP contribution in [0.25, 0.3) is 11.0 Å². The summed E-state index contributed by atoms with van der Waals surface area (Å²) in [7, 11) is 1.39. The van der Waals surface area contributed by atoms with Gasteiger partial charge in [-0.25, -0.2) is 17.7 Å². The summed E-state index contributed by atoms with van der Waals surface area (Å²) in [6.07, 6.45) is 1.82. The summed E-state index contributed by atoms with van der Waals surface area (Å²) in [6, 6.07) is 5.13. The summed E-state index contributed by atoms with van der Waals surface area (Å²) < 4.78 is 27.7. The Hall–Kier alpha value is -1.97. The Balaban J connectivity index is 1.75. The molecule has 0 spiro atoms. The van der Waals surface area contributed by atoms with E-state index >= 15 is 0 Å². The van der Waals surface area contributed by atoms with Crippen LogP contribution < -0.4 is 10.6 Å². The molecule has 1 saturated heterocycles. The fourth-order valence-corrected chi connectivity index (χ4v) is 4.05. The minimum atomic E-state index is -3.50. The van der Waals surface area contributed by atoms with Gasteiger partial charge in [-0.2, -0.15) is 0 Å². The molecule has 9 heteroatoms. The number of aryl methyl sites for hydroxylation is 2. The third kappa shape index (κ3) is 3.74. The number of carbonyl (C=O) groups is 1. The van der Waals surface area contributed by atoms with Crippen molar-refractivity contribution < 1.29 is 13.2 Å². The molecule has 0 saturated carbocycles. The molecule has 2 aromatic rings. The van der Waals surface area contributed by atoms with E-state index in [9.17, 15) is 13.2 Å². The molecule has 1 amide bonds. The van der Waals surface area contributed by atoms with Crippen molar-refractivity contribution in [1.29, 1.82) is 0 Å². The quantitative estimate of drug-likeness (QED) is 0.749. The molecule has 26 heavy (non-hydrogen) atoms. The van der Waals surface area contributed by atoms with Gasteiger partial charge in [-0.15, -0.1) is 0 Å². The number of aromatic nitrogens is 2. The van der Waals surface area contributed by atoms with Crippen LogP contribution in [0.1, 0.15) is 18.7 Å². The molecule has 1 aromatic carbocycles. The highest BCUT2D eigenvalue weighted by molar-refractivity contribution is 7.89. The van der Waals surface area contributed by atoms with Gasteiger partial charge in [0.1, 0.15) is 5.82 Å². The number of benzene rings is 1. The standard InChI is InChI=1S/C17H25N5O3S/c1-21(2)26(24,25)13-4-5-15-14(10-13)20-16(22(15)3)6-7-17(23)19-12-8-9-18-11-12/h4-5,10,12,18H,6-9,11H2,1-3H3,(H,19,23). The molecule has 1 unspecified atom stereocenters. The first kappa shape index (κ1) is 18.8. The van der Waals surface area contributed by atoms with Crippen molar-refractivity contribution in [3.8, 4) is 0 Å². The third-order valence-electron chi connectivity index (χ3n) is 4.72. The molecule has 1 atom stereocenters. The summed E-state index contributed by atoms with van der Waals surface area (Å²) >= 11 is 0. The SMILES string of the molecule is CN(C)S(=O)(=O)c1ccc2c(c1)nc(CCC(=O)NC1CCNC1)n2C. The molecule has 3 rings (SSSR count). The van der Waals surface area contributed by atoms with Crippen molar-refractivity contribution in [2.75, 3.05) is 27.2 Å². The Kier molecular flexibility index (Phi) is 5.31. The first-order chi connectivity index (χ1) is 12.3. The molecular weight excluding hydrogens is 354 g/mol. The number of hydrogen-bond donors (Lipinski definition) is 2. The van der Waals surface area contributed by atoms with Crippen LogP contribution in [-0.4, -0.2) is 61.4 Å². The Morgan fingerprint density at radius 3 is 2.85 bits per heavy atom. The van der Waals surface area contributed by atoms with Gasteiger partial charge in [-0.3, -0.25) is 4.79 Å². The number of sulfonamides is 1. The van der Waals surface area contributed by atoms with Gasteiger partial charge >= 0.3 is 0 Å². The second-order valence-electron chi connectivity index (χ2n) is 6.78. The maximum absolute atomic E-state index is 12.3. The fourth-order valence-electron chi connectivity index (χ4n) is 3.13. The second kappa shape index (κ2) is 7.34. The number of rotatable bonds is 6. The Labute approximate surface area is 153 Å². The van der Waals surface area contributed by atoms with E-state index in [2.05, 4.69) is 15.6 Å². The Morgan fingerprint density at radius 1 is 1.42 bits per heavy atom. The largest absolute Gasteiger partial charge is 0.352 e. The van der Waals surface area contributed by atoms with E-state index < -0.39 is 10.0 Å². The predicted molar refractivity (Wildman–Crippen MR) is 99.3 cm³/mol. The van der Waals surface area contributed by atoms with Crippen LogP contribution >= 0.6 is 0 Å². The van der Waals surface area contributed by atoms with Crippen molar-refractivity contribution in [3.05, 3.63) is 24.0 Å². The zero-order valence-corrected chi connectivity index (χ0v) is 16.1. The number of nitrogens with zero attached hydrogens (tertiary/aromatic N) is 3. The highest BCUT2D eigenvalue weighted by Crippen LogP contribution is 2.21. The van der Waals surface area contributed by atoms with Gasteiger partial charge in [-0.05, 0) is 31.2 Å². The van der Waals surface area contributed by atoms with Crippen molar-refractivity contribution in [2.45, 2.75) is 30.2 Å². The zero-order valence-electron chi connectivity index (χ0n) is 15.3. The summed E-state index contributed by atoms with van der Waals surface area (Å²) in [6.45, 7) is 1.76. The molecule has 8 nitrogen and oxygen atoms in total. The van der Waals surface area contributed by atoms with Crippen LogP contribution in [0.15, 0.2) is 23.1 Å². The lowest BCUT2D eigenvalue weighted by molar-refractivity contribution is -0.121. The van der Waals surface area contributed by atoms with E-state index in [4.69, 9.17) is 0 Å². The van der Waals surface area contributed by atoms with Crippen molar-refractivity contribution in [2.24, 2.45) is 7.05 Å². The van der Waals surface area contributed by atoms with Gasteiger partial charge in [0.15, 0.2) is 0 Å². The molecule has 1 aliphatic rings. The number of imidazole rings is 1. The number of amides is 1. The van der Waals surface area contributed by atoms with E-state index in [-0.39, 0.29) is 16.8 Å². The third-order valence-corrected chi connectivity index (χ3v) is 6.54. The number of carbonyl (C=O) groups excluding carboxylic acids is 1. The van der Waals surface area contributed by atoms with E-state index in [1.165, 1.54) is 18.4 Å². The molecule has 2 N–H and O–H groups in total. The average molecular weight is 379 g/mol. The van der Waals surface area contributed by atoms with Crippen LogP contribution in [0, 0.1) is 0 Å². The number of nitrogens with one attached hydrogen (secondary N) is 2. The van der Waals surface area contributed by atoms with Gasteiger partial charge in [0, 0.05) is 46.6 Å². The smallest absolute Gasteiger partial charge is 0.242 e. The van der Waals surface area contributed by atoms with Gasteiger partial charge in [0.05, 0.1) is 15.9 Å². The number of fused-ring (bicyclic) bond motifs is 1. The molecule has 1 aliphatic heterocycles. The van der Waals surface area contributed by atoms with E-state index in [0.29, 0.717) is 18.4 Å². The maximum atomic E-state index is 12.3. The van der Waals surface area contributed by atoms with Crippen LogP contribution in [-0.2, 0) is 28.3 Å². The molecule has 1 aromatic heterocycles. The fraction of sp³-hybridized carbons (Fsp3) is 0.529. The normalized spacial score (nSPS) is 17.9. The van der Waals surface area contributed by atoms with E-state index in [1.54, 1.807) is 18.2 Å². The molecule has 1 fully saturated rings. The van der Waals surface area contributed by atoms with Crippen molar-refractivity contribution in [3.63, 3.8) is 0 Å². The zero-order chi connectivity index (χ0) is 18.9. The van der Waals surface area contributed by atoms with Crippen molar-refractivity contribution >= 4 is 27.0 Å². The predicted octanol–water partition coefficient (Wildman–Crippen LogP) is 0.234. The lowest BCUT2D eigenvalue weighted by Crippen LogP contribution is -2.36. The Bertz CT molecular complexity index is 914. The first-order valence-corrected chi connectivity index (χ1v) is 10.1. The van der Waals surface area contributed by atoms with Gasteiger partial charge < -0.3 is 15.2 Å².